The van der Waals surface area contributed by atoms with E-state index in [4.69, 9.17) is 0 Å². The van der Waals surface area contributed by atoms with Gasteiger partial charge >= 0.3 is 0 Å². The monoisotopic (exact) mass is 466 g/mol. The van der Waals surface area contributed by atoms with Crippen molar-refractivity contribution >= 4 is 11.4 Å². The van der Waals surface area contributed by atoms with Crippen LogP contribution < -0.4 is 9.80 Å². The van der Waals surface area contributed by atoms with Crippen LogP contribution in [0.2, 0.25) is 0 Å². The lowest BCUT2D eigenvalue weighted by molar-refractivity contribution is -0.0952. The minimum Gasteiger partial charge on any atom is -0.369 e. The fourth-order valence-corrected chi connectivity index (χ4v) is 7.57. The molecule has 0 aromatic heterocycles. The first kappa shape index (κ1) is 22.3. The summed E-state index contributed by atoms with van der Waals surface area (Å²) in [5.74, 6) is 1.33. The zero-order valence-electron chi connectivity index (χ0n) is 20.0. The molecule has 2 aliphatic heterocycles. The summed E-state index contributed by atoms with van der Waals surface area (Å²) in [6, 6.07) is 14.0. The Bertz CT molecular complexity index is 897. The molecule has 2 atom stereocenters. The Labute approximate surface area is 202 Å². The molecule has 0 bridgehead atoms. The number of fused-ring (bicyclic) bond motifs is 1. The lowest BCUT2D eigenvalue weighted by atomic mass is 9.87. The van der Waals surface area contributed by atoms with Gasteiger partial charge in [-0.05, 0) is 79.6 Å². The molecule has 4 aliphatic rings. The Hall–Kier alpha value is -2.18. The van der Waals surface area contributed by atoms with Crippen molar-refractivity contribution in [3.63, 3.8) is 0 Å². The first-order valence-corrected chi connectivity index (χ1v) is 13.1. The van der Waals surface area contributed by atoms with E-state index in [0.717, 1.165) is 75.6 Å². The molecule has 0 N–H and O–H groups in total. The van der Waals surface area contributed by atoms with Crippen LogP contribution in [-0.4, -0.2) is 67.8 Å². The summed E-state index contributed by atoms with van der Waals surface area (Å²) in [5, 5.41) is 0. The van der Waals surface area contributed by atoms with Crippen molar-refractivity contribution in [2.24, 2.45) is 11.8 Å². The van der Waals surface area contributed by atoms with Crippen LogP contribution in [0.25, 0.3) is 0 Å². The van der Waals surface area contributed by atoms with Crippen molar-refractivity contribution in [1.82, 2.24) is 9.80 Å². The Kier molecular flexibility index (Phi) is 5.98. The SMILES string of the molecule is Fc1ccc(N2CCN(C3(N4CCN(c5ccc(F)cc5)CC4)CCC4CCCC43)CC2)cc1. The van der Waals surface area contributed by atoms with Crippen molar-refractivity contribution in [3.8, 4) is 0 Å². The van der Waals surface area contributed by atoms with Crippen molar-refractivity contribution in [1.29, 1.82) is 0 Å². The van der Waals surface area contributed by atoms with Gasteiger partial charge in [0, 0.05) is 63.7 Å². The molecule has 2 saturated carbocycles. The molecule has 0 spiro atoms. The number of hydrogen-bond acceptors (Lipinski definition) is 4. The predicted molar refractivity (Wildman–Crippen MR) is 133 cm³/mol. The molecule has 2 aromatic carbocycles. The fourth-order valence-electron chi connectivity index (χ4n) is 7.57. The highest BCUT2D eigenvalue weighted by molar-refractivity contribution is 5.47. The van der Waals surface area contributed by atoms with E-state index in [9.17, 15) is 8.78 Å². The number of anilines is 2. The second kappa shape index (κ2) is 9.12. The van der Waals surface area contributed by atoms with Crippen LogP contribution in [0.3, 0.4) is 0 Å². The molecule has 0 radical (unpaired) electrons. The van der Waals surface area contributed by atoms with Crippen molar-refractivity contribution in [2.45, 2.75) is 37.8 Å². The van der Waals surface area contributed by atoms with E-state index < -0.39 is 0 Å². The van der Waals surface area contributed by atoms with Gasteiger partial charge in [0.25, 0.3) is 0 Å². The average molecular weight is 467 g/mol. The maximum absolute atomic E-state index is 13.4. The molecular weight excluding hydrogens is 430 g/mol. The maximum Gasteiger partial charge on any atom is 0.123 e. The molecule has 182 valence electrons. The Balaban J connectivity index is 1.18. The number of halogens is 2. The summed E-state index contributed by atoms with van der Waals surface area (Å²) in [7, 11) is 0. The molecule has 2 heterocycles. The number of rotatable bonds is 4. The van der Waals surface area contributed by atoms with Crippen LogP contribution in [0.5, 0.6) is 0 Å². The van der Waals surface area contributed by atoms with E-state index >= 15 is 0 Å². The highest BCUT2D eigenvalue weighted by Gasteiger charge is 2.56. The summed E-state index contributed by atoms with van der Waals surface area (Å²) in [5.41, 5.74) is 2.45. The van der Waals surface area contributed by atoms with Gasteiger partial charge in [0.1, 0.15) is 11.6 Å². The van der Waals surface area contributed by atoms with Gasteiger partial charge in [-0.1, -0.05) is 12.8 Å². The molecule has 6 heteroatoms. The van der Waals surface area contributed by atoms with Gasteiger partial charge in [-0.2, -0.15) is 0 Å². The van der Waals surface area contributed by atoms with E-state index in [1.54, 1.807) is 24.3 Å². The zero-order valence-corrected chi connectivity index (χ0v) is 20.0. The lowest BCUT2D eigenvalue weighted by Crippen LogP contribution is -2.69. The summed E-state index contributed by atoms with van der Waals surface area (Å²) < 4.78 is 26.8. The normalized spacial score (nSPS) is 27.8. The predicted octanol–water partition coefficient (Wildman–Crippen LogP) is 4.82. The summed E-state index contributed by atoms with van der Waals surface area (Å²) >= 11 is 0. The number of benzene rings is 2. The van der Waals surface area contributed by atoms with Crippen molar-refractivity contribution in [2.75, 3.05) is 62.2 Å². The van der Waals surface area contributed by atoms with Crippen LogP contribution in [0.4, 0.5) is 20.2 Å². The van der Waals surface area contributed by atoms with E-state index in [1.807, 2.05) is 24.3 Å². The number of piperazine rings is 2. The Morgan fingerprint density at radius 3 is 1.53 bits per heavy atom. The third-order valence-corrected chi connectivity index (χ3v) is 9.17. The van der Waals surface area contributed by atoms with Gasteiger partial charge in [0.05, 0.1) is 5.66 Å². The van der Waals surface area contributed by atoms with Gasteiger partial charge in [0.2, 0.25) is 0 Å². The second-order valence-electron chi connectivity index (χ2n) is 10.6. The molecule has 0 amide bonds. The van der Waals surface area contributed by atoms with Crippen LogP contribution in [0, 0.1) is 23.5 Å². The van der Waals surface area contributed by atoms with E-state index in [-0.39, 0.29) is 17.3 Å². The summed E-state index contributed by atoms with van der Waals surface area (Å²) in [4.78, 5) is 10.5. The largest absolute Gasteiger partial charge is 0.369 e. The maximum atomic E-state index is 13.4. The molecule has 6 rings (SSSR count). The number of nitrogens with zero attached hydrogens (tertiary/aromatic N) is 4. The topological polar surface area (TPSA) is 13.0 Å². The lowest BCUT2D eigenvalue weighted by Gasteiger charge is -2.56. The van der Waals surface area contributed by atoms with Gasteiger partial charge in [-0.15, -0.1) is 0 Å². The molecule has 4 fully saturated rings. The van der Waals surface area contributed by atoms with Gasteiger partial charge < -0.3 is 9.80 Å². The van der Waals surface area contributed by atoms with E-state index in [1.165, 1.54) is 32.1 Å². The van der Waals surface area contributed by atoms with Crippen molar-refractivity contribution in [3.05, 3.63) is 60.2 Å². The fraction of sp³-hybridized carbons (Fsp3) is 0.571. The Morgan fingerprint density at radius 2 is 1.06 bits per heavy atom. The Morgan fingerprint density at radius 1 is 0.588 bits per heavy atom. The van der Waals surface area contributed by atoms with Gasteiger partial charge in [0.15, 0.2) is 0 Å². The molecule has 2 aliphatic carbocycles. The highest BCUT2D eigenvalue weighted by atomic mass is 19.1. The first-order chi connectivity index (χ1) is 16.6. The standard InChI is InChI=1S/C28H36F2N4/c29-23-4-8-25(9-5-23)31-14-18-33(19-15-31)28(13-12-22-2-1-3-27(22)28)34-20-16-32(17-21-34)26-10-6-24(30)7-11-26/h4-11,22,27H,1-3,12-21H2. The molecule has 2 saturated heterocycles. The number of hydrogen-bond donors (Lipinski definition) is 0. The first-order valence-electron chi connectivity index (χ1n) is 13.1. The quantitative estimate of drug-likeness (QED) is 0.641. The van der Waals surface area contributed by atoms with Gasteiger partial charge in [-0.3, -0.25) is 9.80 Å². The zero-order chi connectivity index (χ0) is 23.1. The second-order valence-corrected chi connectivity index (χ2v) is 10.6. The summed E-state index contributed by atoms with van der Waals surface area (Å²) in [6.45, 7) is 8.27. The van der Waals surface area contributed by atoms with E-state index in [0.29, 0.717) is 0 Å². The van der Waals surface area contributed by atoms with Crippen LogP contribution in [0.15, 0.2) is 48.5 Å². The molecular formula is C28H36F2N4. The highest BCUT2D eigenvalue weighted by Crippen LogP contribution is 2.54. The minimum atomic E-state index is -0.167. The minimum absolute atomic E-state index is 0.167. The van der Waals surface area contributed by atoms with Crippen LogP contribution >= 0.6 is 0 Å². The smallest absolute Gasteiger partial charge is 0.123 e. The van der Waals surface area contributed by atoms with Crippen LogP contribution in [-0.2, 0) is 0 Å². The van der Waals surface area contributed by atoms with E-state index in [2.05, 4.69) is 19.6 Å². The van der Waals surface area contributed by atoms with Crippen LogP contribution in [0.1, 0.15) is 32.1 Å². The molecule has 2 unspecified atom stereocenters. The average Bonchev–Trinajstić information content (AvgIpc) is 3.49. The third-order valence-electron chi connectivity index (χ3n) is 9.17. The molecule has 2 aromatic rings. The van der Waals surface area contributed by atoms with Gasteiger partial charge in [-0.25, -0.2) is 8.78 Å². The third kappa shape index (κ3) is 3.89. The molecule has 4 nitrogen and oxygen atoms in total. The van der Waals surface area contributed by atoms with Crippen molar-refractivity contribution < 1.29 is 8.78 Å². The summed E-state index contributed by atoms with van der Waals surface area (Å²) in [6.07, 6.45) is 6.79. The molecule has 34 heavy (non-hydrogen) atoms.